The van der Waals surface area contributed by atoms with E-state index in [1.807, 2.05) is 28.7 Å². The molecule has 0 aliphatic heterocycles. The quantitative estimate of drug-likeness (QED) is 0.174. The normalized spacial score (nSPS) is 12.0. The predicted molar refractivity (Wildman–Crippen MR) is 131 cm³/mol. The highest BCUT2D eigenvalue weighted by Gasteiger charge is 2.37. The van der Waals surface area contributed by atoms with Gasteiger partial charge in [0.25, 0.3) is 5.56 Å². The molecule has 4 rings (SSSR count). The fourth-order valence-corrected chi connectivity index (χ4v) is 4.29. The maximum Gasteiger partial charge on any atom is 0.662 e. The largest absolute Gasteiger partial charge is 0.662 e. The minimum atomic E-state index is -4.91. The molecular weight excluding hydrogens is 633 g/mol. The molecule has 3 heterocycles. The van der Waals surface area contributed by atoms with E-state index < -0.39 is 37.6 Å². The van der Waals surface area contributed by atoms with E-state index in [1.54, 1.807) is 12.1 Å². The number of hydrogen-bond donors (Lipinski definition) is 2. The van der Waals surface area contributed by atoms with Gasteiger partial charge in [-0.15, -0.1) is 0 Å². The Labute approximate surface area is 219 Å². The molecule has 3 N–H and O–H groups in total. The third-order valence-electron chi connectivity index (χ3n) is 4.90. The summed E-state index contributed by atoms with van der Waals surface area (Å²) < 4.78 is 62.8. The van der Waals surface area contributed by atoms with Crippen LogP contribution in [0.3, 0.4) is 0 Å². The summed E-state index contributed by atoms with van der Waals surface area (Å²) in [6.07, 6.45) is -2.55. The molecule has 0 aliphatic carbocycles. The summed E-state index contributed by atoms with van der Waals surface area (Å²) >= 11 is 1.87. The lowest BCUT2D eigenvalue weighted by Gasteiger charge is -2.15. The van der Waals surface area contributed by atoms with Gasteiger partial charge in [0, 0.05) is 21.4 Å². The zero-order valence-electron chi connectivity index (χ0n) is 18.3. The number of halogens is 4. The van der Waals surface area contributed by atoms with Crippen molar-refractivity contribution >= 4 is 41.4 Å². The second kappa shape index (κ2) is 10.2. The molecule has 0 aliphatic rings. The van der Waals surface area contributed by atoms with Crippen molar-refractivity contribution in [1.29, 1.82) is 5.26 Å². The number of aromatic nitrogens is 4. The molecule has 0 saturated heterocycles. The van der Waals surface area contributed by atoms with Crippen LogP contribution in [0.5, 0.6) is 11.5 Å². The fraction of sp³-hybridized carbons (Fsp3) is 0.143. The van der Waals surface area contributed by atoms with Gasteiger partial charge in [-0.05, 0) is 59.0 Å². The Hall–Kier alpha value is -3.29. The van der Waals surface area contributed by atoms with Crippen LogP contribution in [0.15, 0.2) is 53.6 Å². The summed E-state index contributed by atoms with van der Waals surface area (Å²) in [5, 5.41) is 13.8. The van der Waals surface area contributed by atoms with Gasteiger partial charge in [0.2, 0.25) is 5.75 Å². The molecule has 1 aromatic carbocycles. The number of nitrogens with zero attached hydrogens (tertiary/aromatic N) is 5. The molecule has 0 spiro atoms. The van der Waals surface area contributed by atoms with E-state index in [2.05, 4.69) is 14.6 Å². The van der Waals surface area contributed by atoms with E-state index in [9.17, 15) is 18.0 Å². The van der Waals surface area contributed by atoms with Gasteiger partial charge in [0.1, 0.15) is 11.3 Å². The fourth-order valence-electron chi connectivity index (χ4n) is 3.38. The number of pyridine rings is 2. The molecule has 16 heteroatoms. The van der Waals surface area contributed by atoms with Gasteiger partial charge >= 0.3 is 14.0 Å². The first-order valence-corrected chi connectivity index (χ1v) is 12.7. The van der Waals surface area contributed by atoms with Crippen LogP contribution in [-0.2, 0) is 24.0 Å². The molecule has 0 unspecified atom stereocenters. The number of fused-ring (bicyclic) bond motifs is 1. The second-order valence-electron chi connectivity index (χ2n) is 7.47. The molecule has 4 aromatic rings. The molecule has 192 valence electrons. The first kappa shape index (κ1) is 26.8. The highest BCUT2D eigenvalue weighted by molar-refractivity contribution is 14.1. The number of benzene rings is 1. The summed E-state index contributed by atoms with van der Waals surface area (Å²) in [6, 6.07) is 9.81. The number of alkyl halides is 3. The molecule has 11 nitrogen and oxygen atoms in total. The second-order valence-corrected chi connectivity index (χ2v) is 10.0. The molecule has 37 heavy (non-hydrogen) atoms. The van der Waals surface area contributed by atoms with E-state index >= 15 is 0 Å². The van der Waals surface area contributed by atoms with Crippen molar-refractivity contribution in [2.75, 3.05) is 0 Å². The van der Waals surface area contributed by atoms with E-state index in [-0.39, 0.29) is 29.2 Å². The number of hydrogen-bond acceptors (Lipinski definition) is 6. The SMILES string of the molecule is N#Cc1cc(I)cc(Oc2c(C(F)(F)F)ccn(Cc3nn(COP(O)(O)=[OH+])c4ncccc34)c2=O)c1. The summed E-state index contributed by atoms with van der Waals surface area (Å²) in [7, 11) is -4.58. The van der Waals surface area contributed by atoms with Crippen molar-refractivity contribution in [3.8, 4) is 17.6 Å². The Balaban J connectivity index is 1.78. The molecule has 0 radical (unpaired) electrons. The lowest BCUT2D eigenvalue weighted by Crippen LogP contribution is -2.25. The molecule has 0 saturated carbocycles. The molecule has 3 aromatic heterocycles. The van der Waals surface area contributed by atoms with Crippen molar-refractivity contribution < 1.29 is 36.8 Å². The van der Waals surface area contributed by atoms with Gasteiger partial charge < -0.3 is 9.30 Å². The van der Waals surface area contributed by atoms with Gasteiger partial charge in [-0.25, -0.2) is 18.8 Å². The van der Waals surface area contributed by atoms with Crippen LogP contribution in [0, 0.1) is 14.9 Å². The topological polar surface area (TPSA) is 157 Å². The van der Waals surface area contributed by atoms with Crippen LogP contribution in [0.4, 0.5) is 13.2 Å². The van der Waals surface area contributed by atoms with Crippen LogP contribution >= 0.6 is 30.4 Å². The number of rotatable bonds is 7. The highest BCUT2D eigenvalue weighted by atomic mass is 127. The minimum Gasteiger partial charge on any atom is -0.451 e. The van der Waals surface area contributed by atoms with Crippen LogP contribution in [0.25, 0.3) is 11.0 Å². The summed E-state index contributed by atoms with van der Waals surface area (Å²) in [4.78, 5) is 35.5. The lowest BCUT2D eigenvalue weighted by atomic mass is 10.2. The molecule has 0 atom stereocenters. The number of nitriles is 1. The Bertz CT molecular complexity index is 1640. The third-order valence-corrected chi connectivity index (χ3v) is 5.99. The van der Waals surface area contributed by atoms with E-state index in [0.29, 0.717) is 15.0 Å². The highest BCUT2D eigenvalue weighted by Crippen LogP contribution is 2.37. The Morgan fingerprint density at radius 2 is 2.00 bits per heavy atom. The third kappa shape index (κ3) is 6.17. The minimum absolute atomic E-state index is 0.122. The predicted octanol–water partition coefficient (Wildman–Crippen LogP) is 3.94. The van der Waals surface area contributed by atoms with Crippen molar-refractivity contribution in [2.24, 2.45) is 0 Å². The summed E-state index contributed by atoms with van der Waals surface area (Å²) in [6.45, 7) is -0.912. The lowest BCUT2D eigenvalue weighted by molar-refractivity contribution is -0.138. The summed E-state index contributed by atoms with van der Waals surface area (Å²) in [5.41, 5.74) is -1.88. The zero-order valence-corrected chi connectivity index (χ0v) is 21.3. The molecule has 0 fully saturated rings. The van der Waals surface area contributed by atoms with Crippen LogP contribution in [-0.4, -0.2) is 33.7 Å². The molecule has 0 bridgehead atoms. The van der Waals surface area contributed by atoms with Crippen LogP contribution in [0.2, 0.25) is 0 Å². The van der Waals surface area contributed by atoms with Crippen LogP contribution < -0.4 is 10.3 Å². The number of ether oxygens (including phenoxy) is 1. The van der Waals surface area contributed by atoms with Crippen LogP contribution in [0.1, 0.15) is 16.8 Å². The average Bonchev–Trinajstić information content (AvgIpc) is 3.16. The maximum atomic E-state index is 13.7. The first-order valence-electron chi connectivity index (χ1n) is 10.1. The summed E-state index contributed by atoms with van der Waals surface area (Å²) in [5.74, 6) is -1.11. The molecule has 0 amide bonds. The van der Waals surface area contributed by atoms with Gasteiger partial charge in [0.15, 0.2) is 12.4 Å². The molecular formula is C21H15F3IN5O6P+. The van der Waals surface area contributed by atoms with E-state index in [1.165, 1.54) is 24.4 Å². The van der Waals surface area contributed by atoms with Gasteiger partial charge in [0.05, 0.1) is 23.9 Å². The van der Waals surface area contributed by atoms with Crippen molar-refractivity contribution in [3.63, 3.8) is 0 Å². The van der Waals surface area contributed by atoms with Crippen molar-refractivity contribution in [2.45, 2.75) is 19.5 Å². The van der Waals surface area contributed by atoms with E-state index in [4.69, 9.17) is 24.4 Å². The Kier molecular flexibility index (Phi) is 7.40. The standard InChI is InChI=1S/C21H14F3IN5O6P/c22-21(23,24)16-3-5-29(20(31)18(16)36-14-7-12(9-26)6-13(25)8-14)10-17-15-2-1-4-27-19(15)30(28-17)11-35-37(32,33)34/h1-8H,10-11H2,(H2,32,33,34)/p+1. The Morgan fingerprint density at radius 1 is 1.24 bits per heavy atom. The monoisotopic (exact) mass is 648 g/mol. The maximum absolute atomic E-state index is 13.7. The van der Waals surface area contributed by atoms with Crippen molar-refractivity contribution in [1.82, 2.24) is 19.3 Å². The smallest absolute Gasteiger partial charge is 0.451 e. The van der Waals surface area contributed by atoms with E-state index in [0.717, 1.165) is 15.4 Å². The zero-order chi connectivity index (χ0) is 27.0. The van der Waals surface area contributed by atoms with Crippen molar-refractivity contribution in [3.05, 3.63) is 79.5 Å². The van der Waals surface area contributed by atoms with Gasteiger partial charge in [-0.1, -0.05) is 0 Å². The average molecular weight is 648 g/mol. The Morgan fingerprint density at radius 3 is 2.68 bits per heavy atom. The van der Waals surface area contributed by atoms with Gasteiger partial charge in [-0.3, -0.25) is 14.6 Å². The first-order chi connectivity index (χ1) is 17.4. The van der Waals surface area contributed by atoms with Gasteiger partial charge in [-0.2, -0.15) is 23.5 Å².